The zero-order valence-electron chi connectivity index (χ0n) is 15.7. The van der Waals surface area contributed by atoms with E-state index in [1.165, 1.54) is 0 Å². The van der Waals surface area contributed by atoms with Crippen LogP contribution in [-0.4, -0.2) is 27.2 Å². The topological polar surface area (TPSA) is 89.4 Å². The number of pyridine rings is 3. The molecule has 140 valence electrons. The number of nitrogens with one attached hydrogen (secondary N) is 1. The van der Waals surface area contributed by atoms with E-state index in [1.807, 2.05) is 19.1 Å². The molecule has 0 amide bonds. The van der Waals surface area contributed by atoms with Crippen LogP contribution in [0, 0.1) is 6.92 Å². The molecule has 27 heavy (non-hydrogen) atoms. The van der Waals surface area contributed by atoms with Crippen LogP contribution in [0.2, 0.25) is 0 Å². The zero-order chi connectivity index (χ0) is 19.4. The van der Waals surface area contributed by atoms with E-state index in [-0.39, 0.29) is 0 Å². The van der Waals surface area contributed by atoms with E-state index in [0.29, 0.717) is 28.9 Å². The molecule has 0 bridgehead atoms. The monoisotopic (exact) mass is 366 g/mol. The molecule has 3 aromatic rings. The first-order chi connectivity index (χ1) is 12.8. The predicted octanol–water partition coefficient (Wildman–Crippen LogP) is 3.95. The van der Waals surface area contributed by atoms with E-state index in [2.05, 4.69) is 20.3 Å². The van der Waals surface area contributed by atoms with Crippen molar-refractivity contribution < 1.29 is 14.6 Å². The summed E-state index contributed by atoms with van der Waals surface area (Å²) in [7, 11) is 1.57. The normalized spacial score (nSPS) is 11.1. The summed E-state index contributed by atoms with van der Waals surface area (Å²) in [4.78, 5) is 12.8. The Kier molecular flexibility index (Phi) is 5.23. The van der Waals surface area contributed by atoms with Gasteiger partial charge in [0.1, 0.15) is 22.9 Å². The molecule has 0 spiro atoms. The standard InChI is InChI=1S/C20H22N4O3/c1-13-16(5-6-19(23-13)26-4)27-15-8-10-22-18(12-15)24-14-7-9-21-17(11-14)20(2,3)25/h5-12,25H,1-4H3,(H,21,22,24). The molecule has 0 aromatic carbocycles. The quantitative estimate of drug-likeness (QED) is 0.682. The molecule has 3 rings (SSSR count). The van der Waals surface area contributed by atoms with Crippen molar-refractivity contribution in [1.29, 1.82) is 0 Å². The van der Waals surface area contributed by atoms with Crippen molar-refractivity contribution in [2.75, 3.05) is 12.4 Å². The molecule has 7 heteroatoms. The third-order valence-electron chi connectivity index (χ3n) is 3.84. The molecular weight excluding hydrogens is 344 g/mol. The molecule has 3 heterocycles. The number of ether oxygens (including phenoxy) is 2. The van der Waals surface area contributed by atoms with Crippen molar-refractivity contribution in [3.05, 3.63) is 60.2 Å². The fourth-order valence-corrected chi connectivity index (χ4v) is 2.41. The van der Waals surface area contributed by atoms with E-state index < -0.39 is 5.60 Å². The number of hydrogen-bond donors (Lipinski definition) is 2. The van der Waals surface area contributed by atoms with Crippen LogP contribution in [0.25, 0.3) is 0 Å². The van der Waals surface area contributed by atoms with Crippen LogP contribution in [0.15, 0.2) is 48.8 Å². The fourth-order valence-electron chi connectivity index (χ4n) is 2.41. The van der Waals surface area contributed by atoms with Crippen molar-refractivity contribution in [1.82, 2.24) is 15.0 Å². The van der Waals surface area contributed by atoms with E-state index in [0.717, 1.165) is 11.4 Å². The van der Waals surface area contributed by atoms with Crippen molar-refractivity contribution in [2.24, 2.45) is 0 Å². The molecule has 0 aliphatic carbocycles. The number of methoxy groups -OCH3 is 1. The number of aliphatic hydroxyl groups is 1. The summed E-state index contributed by atoms with van der Waals surface area (Å²) in [6.07, 6.45) is 3.30. The minimum Gasteiger partial charge on any atom is -0.481 e. The number of anilines is 2. The molecule has 0 radical (unpaired) electrons. The maximum Gasteiger partial charge on any atom is 0.213 e. The van der Waals surface area contributed by atoms with Gasteiger partial charge >= 0.3 is 0 Å². The Balaban J connectivity index is 1.78. The average molecular weight is 366 g/mol. The summed E-state index contributed by atoms with van der Waals surface area (Å²) in [6.45, 7) is 5.24. The molecule has 7 nitrogen and oxygen atoms in total. The van der Waals surface area contributed by atoms with E-state index in [4.69, 9.17) is 9.47 Å². The lowest BCUT2D eigenvalue weighted by Gasteiger charge is -2.17. The van der Waals surface area contributed by atoms with Gasteiger partial charge in [-0.3, -0.25) is 4.98 Å². The summed E-state index contributed by atoms with van der Waals surface area (Å²) in [5.74, 6) is 2.41. The van der Waals surface area contributed by atoms with Crippen LogP contribution in [0.3, 0.4) is 0 Å². The Bertz CT molecular complexity index is 939. The highest BCUT2D eigenvalue weighted by Gasteiger charge is 2.17. The van der Waals surface area contributed by atoms with Gasteiger partial charge in [0.25, 0.3) is 0 Å². The van der Waals surface area contributed by atoms with Crippen LogP contribution >= 0.6 is 0 Å². The smallest absolute Gasteiger partial charge is 0.213 e. The number of hydrogen-bond acceptors (Lipinski definition) is 7. The largest absolute Gasteiger partial charge is 0.481 e. The van der Waals surface area contributed by atoms with Gasteiger partial charge in [-0.25, -0.2) is 9.97 Å². The van der Waals surface area contributed by atoms with Gasteiger partial charge in [-0.15, -0.1) is 0 Å². The summed E-state index contributed by atoms with van der Waals surface area (Å²) >= 11 is 0. The zero-order valence-corrected chi connectivity index (χ0v) is 15.7. The number of aryl methyl sites for hydroxylation is 1. The number of rotatable bonds is 6. The molecule has 0 unspecified atom stereocenters. The van der Waals surface area contributed by atoms with Gasteiger partial charge < -0.3 is 19.9 Å². The highest BCUT2D eigenvalue weighted by Crippen LogP contribution is 2.28. The minimum absolute atomic E-state index is 0.539. The second-order valence-electron chi connectivity index (χ2n) is 6.53. The summed E-state index contributed by atoms with van der Waals surface area (Å²) in [5, 5.41) is 13.3. The first kappa shape index (κ1) is 18.6. The van der Waals surface area contributed by atoms with Crippen LogP contribution in [0.5, 0.6) is 17.4 Å². The van der Waals surface area contributed by atoms with Gasteiger partial charge in [-0.1, -0.05) is 0 Å². The molecule has 3 aromatic heterocycles. The minimum atomic E-state index is -1.02. The number of nitrogens with zero attached hydrogens (tertiary/aromatic N) is 3. The molecule has 0 saturated heterocycles. The first-order valence-corrected chi connectivity index (χ1v) is 8.46. The molecule has 0 atom stereocenters. The molecule has 2 N–H and O–H groups in total. The first-order valence-electron chi connectivity index (χ1n) is 8.46. The Morgan fingerprint density at radius 3 is 2.52 bits per heavy atom. The molecular formula is C20H22N4O3. The lowest BCUT2D eigenvalue weighted by Crippen LogP contribution is -2.17. The van der Waals surface area contributed by atoms with Gasteiger partial charge in [-0.05, 0) is 45.0 Å². The van der Waals surface area contributed by atoms with Crippen LogP contribution in [-0.2, 0) is 5.60 Å². The van der Waals surface area contributed by atoms with Crippen molar-refractivity contribution >= 4 is 11.5 Å². The Morgan fingerprint density at radius 1 is 1.04 bits per heavy atom. The summed E-state index contributed by atoms with van der Waals surface area (Å²) in [5.41, 5.74) is 1.05. The maximum atomic E-state index is 10.1. The van der Waals surface area contributed by atoms with Gasteiger partial charge in [0.15, 0.2) is 0 Å². The predicted molar refractivity (Wildman–Crippen MR) is 103 cm³/mol. The second-order valence-corrected chi connectivity index (χ2v) is 6.53. The molecule has 0 fully saturated rings. The summed E-state index contributed by atoms with van der Waals surface area (Å²) in [6, 6.07) is 10.7. The van der Waals surface area contributed by atoms with E-state index in [1.54, 1.807) is 57.6 Å². The lowest BCUT2D eigenvalue weighted by atomic mass is 10.0. The number of aromatic nitrogens is 3. The van der Waals surface area contributed by atoms with Crippen LogP contribution in [0.4, 0.5) is 11.5 Å². The Hall–Kier alpha value is -3.19. The van der Waals surface area contributed by atoms with Crippen LogP contribution in [0.1, 0.15) is 25.2 Å². The van der Waals surface area contributed by atoms with Gasteiger partial charge in [0.05, 0.1) is 18.5 Å². The highest BCUT2D eigenvalue weighted by molar-refractivity contribution is 5.57. The molecule has 0 aliphatic heterocycles. The average Bonchev–Trinajstić information content (AvgIpc) is 2.63. The SMILES string of the molecule is COc1ccc(Oc2ccnc(Nc3ccnc(C(C)(C)O)c3)c2)c(C)n1. The van der Waals surface area contributed by atoms with E-state index >= 15 is 0 Å². The Labute approximate surface area is 158 Å². The van der Waals surface area contributed by atoms with Gasteiger partial charge in [0.2, 0.25) is 5.88 Å². The molecule has 0 aliphatic rings. The molecule has 0 saturated carbocycles. The van der Waals surface area contributed by atoms with Crippen molar-refractivity contribution in [3.63, 3.8) is 0 Å². The lowest BCUT2D eigenvalue weighted by molar-refractivity contribution is 0.0739. The van der Waals surface area contributed by atoms with Gasteiger partial charge in [0, 0.05) is 30.2 Å². The maximum absolute atomic E-state index is 10.1. The van der Waals surface area contributed by atoms with Crippen molar-refractivity contribution in [3.8, 4) is 17.4 Å². The van der Waals surface area contributed by atoms with Crippen molar-refractivity contribution in [2.45, 2.75) is 26.4 Å². The Morgan fingerprint density at radius 2 is 1.81 bits per heavy atom. The fraction of sp³-hybridized carbons (Fsp3) is 0.250. The summed E-state index contributed by atoms with van der Waals surface area (Å²) < 4.78 is 11.0. The third-order valence-corrected chi connectivity index (χ3v) is 3.84. The third kappa shape index (κ3) is 4.71. The second kappa shape index (κ2) is 7.59. The van der Waals surface area contributed by atoms with E-state index in [9.17, 15) is 5.11 Å². The van der Waals surface area contributed by atoms with Crippen LogP contribution < -0.4 is 14.8 Å². The van der Waals surface area contributed by atoms with Gasteiger partial charge in [-0.2, -0.15) is 0 Å². The highest BCUT2D eigenvalue weighted by atomic mass is 16.5.